The Balaban J connectivity index is 2.74. The molecular weight excluding hydrogens is 182 g/mol. The molecule has 1 rings (SSSR count). The van der Waals surface area contributed by atoms with Gasteiger partial charge in [-0.15, -0.1) is 0 Å². The molecule has 0 saturated heterocycles. The standard InChI is InChI=1S/C14H22N/c1-5-15(6-2)12-14(3,4)13-10-8-7-9-11-13/h8-11H,5-6,12H2,1-4H3. The van der Waals surface area contributed by atoms with E-state index < -0.39 is 0 Å². The van der Waals surface area contributed by atoms with Gasteiger partial charge in [0.05, 0.1) is 0 Å². The molecule has 1 heteroatoms. The maximum absolute atomic E-state index is 3.07. The molecule has 0 atom stereocenters. The third-order valence-corrected chi connectivity index (χ3v) is 3.01. The largest absolute Gasteiger partial charge is 0.303 e. The van der Waals surface area contributed by atoms with E-state index in [9.17, 15) is 0 Å². The van der Waals surface area contributed by atoms with Crippen molar-refractivity contribution in [2.75, 3.05) is 19.6 Å². The molecule has 1 aromatic carbocycles. The molecule has 0 bridgehead atoms. The van der Waals surface area contributed by atoms with E-state index in [0.29, 0.717) is 0 Å². The molecule has 1 aromatic rings. The Bertz CT molecular complexity index is 273. The summed E-state index contributed by atoms with van der Waals surface area (Å²) < 4.78 is 0. The van der Waals surface area contributed by atoms with Crippen molar-refractivity contribution in [2.45, 2.75) is 33.1 Å². The van der Waals surface area contributed by atoms with Crippen molar-refractivity contribution in [3.63, 3.8) is 0 Å². The summed E-state index contributed by atoms with van der Waals surface area (Å²) >= 11 is 0. The van der Waals surface area contributed by atoms with Gasteiger partial charge in [0.25, 0.3) is 0 Å². The number of likely N-dealkylation sites (N-methyl/N-ethyl adjacent to an activating group) is 1. The van der Waals surface area contributed by atoms with Crippen LogP contribution < -0.4 is 0 Å². The Labute approximate surface area is 94.1 Å². The number of rotatable bonds is 5. The third kappa shape index (κ3) is 3.35. The van der Waals surface area contributed by atoms with E-state index >= 15 is 0 Å². The van der Waals surface area contributed by atoms with Gasteiger partial charge < -0.3 is 4.90 Å². The fourth-order valence-corrected chi connectivity index (χ4v) is 1.94. The number of benzene rings is 1. The van der Waals surface area contributed by atoms with Gasteiger partial charge in [-0.25, -0.2) is 0 Å². The van der Waals surface area contributed by atoms with Crippen molar-refractivity contribution < 1.29 is 0 Å². The van der Waals surface area contributed by atoms with Crippen LogP contribution in [0.4, 0.5) is 0 Å². The zero-order valence-electron chi connectivity index (χ0n) is 10.4. The number of nitrogens with zero attached hydrogens (tertiary/aromatic N) is 1. The molecule has 0 aliphatic carbocycles. The van der Waals surface area contributed by atoms with Gasteiger partial charge in [0.15, 0.2) is 0 Å². The summed E-state index contributed by atoms with van der Waals surface area (Å²) in [7, 11) is 0. The van der Waals surface area contributed by atoms with Crippen LogP contribution in [0, 0.1) is 6.07 Å². The average molecular weight is 204 g/mol. The van der Waals surface area contributed by atoms with Gasteiger partial charge in [0.1, 0.15) is 0 Å². The summed E-state index contributed by atoms with van der Waals surface area (Å²) in [6.45, 7) is 12.4. The van der Waals surface area contributed by atoms with E-state index in [0.717, 1.165) is 19.6 Å². The van der Waals surface area contributed by atoms with Crippen LogP contribution in [0.3, 0.4) is 0 Å². The fraction of sp³-hybridized carbons (Fsp3) is 0.571. The van der Waals surface area contributed by atoms with Crippen LogP contribution in [0.5, 0.6) is 0 Å². The van der Waals surface area contributed by atoms with Crippen LogP contribution in [-0.4, -0.2) is 24.5 Å². The van der Waals surface area contributed by atoms with E-state index in [2.05, 4.69) is 50.8 Å². The molecule has 0 N–H and O–H groups in total. The third-order valence-electron chi connectivity index (χ3n) is 3.01. The minimum Gasteiger partial charge on any atom is -0.303 e. The lowest BCUT2D eigenvalue weighted by atomic mass is 9.84. The highest BCUT2D eigenvalue weighted by atomic mass is 15.1. The van der Waals surface area contributed by atoms with E-state index in [1.54, 1.807) is 0 Å². The minimum absolute atomic E-state index is 0.223. The SMILES string of the molecule is CCN(CC)CC(C)(C)c1cc[c]cc1. The molecule has 0 aliphatic rings. The van der Waals surface area contributed by atoms with Gasteiger partial charge in [0, 0.05) is 12.0 Å². The Morgan fingerprint density at radius 3 is 2.13 bits per heavy atom. The molecule has 1 nitrogen and oxygen atoms in total. The van der Waals surface area contributed by atoms with Crippen LogP contribution >= 0.6 is 0 Å². The molecule has 0 unspecified atom stereocenters. The topological polar surface area (TPSA) is 3.24 Å². The lowest BCUT2D eigenvalue weighted by molar-refractivity contribution is 0.245. The first-order valence-corrected chi connectivity index (χ1v) is 5.79. The summed E-state index contributed by atoms with van der Waals surface area (Å²) in [6.07, 6.45) is 0. The molecule has 15 heavy (non-hydrogen) atoms. The van der Waals surface area contributed by atoms with Crippen LogP contribution in [0.1, 0.15) is 33.3 Å². The first-order chi connectivity index (χ1) is 7.10. The van der Waals surface area contributed by atoms with Crippen LogP contribution in [0.2, 0.25) is 0 Å². The van der Waals surface area contributed by atoms with Crippen LogP contribution in [0.15, 0.2) is 24.3 Å². The van der Waals surface area contributed by atoms with E-state index in [-0.39, 0.29) is 5.41 Å². The van der Waals surface area contributed by atoms with Gasteiger partial charge in [-0.3, -0.25) is 0 Å². The molecule has 0 spiro atoms. The lowest BCUT2D eigenvalue weighted by Gasteiger charge is -2.31. The van der Waals surface area contributed by atoms with Crippen molar-refractivity contribution in [3.8, 4) is 0 Å². The summed E-state index contributed by atoms with van der Waals surface area (Å²) in [5.74, 6) is 0. The molecular formula is C14H22N. The zero-order chi connectivity index (χ0) is 11.3. The van der Waals surface area contributed by atoms with Crippen molar-refractivity contribution in [1.82, 2.24) is 4.90 Å². The van der Waals surface area contributed by atoms with Crippen LogP contribution in [0.25, 0.3) is 0 Å². The molecule has 0 aromatic heterocycles. The Morgan fingerprint density at radius 2 is 1.67 bits per heavy atom. The van der Waals surface area contributed by atoms with E-state index in [1.807, 2.05) is 12.1 Å². The summed E-state index contributed by atoms with van der Waals surface area (Å²) in [4.78, 5) is 2.47. The fourth-order valence-electron chi connectivity index (χ4n) is 1.94. The molecule has 0 aliphatic heterocycles. The quantitative estimate of drug-likeness (QED) is 0.712. The first-order valence-electron chi connectivity index (χ1n) is 5.79. The van der Waals surface area contributed by atoms with Crippen molar-refractivity contribution >= 4 is 0 Å². The van der Waals surface area contributed by atoms with Gasteiger partial charge >= 0.3 is 0 Å². The smallest absolute Gasteiger partial charge is 0.00731 e. The molecule has 1 radical (unpaired) electrons. The zero-order valence-corrected chi connectivity index (χ0v) is 10.4. The number of hydrogen-bond acceptors (Lipinski definition) is 1. The van der Waals surface area contributed by atoms with Gasteiger partial charge in [-0.05, 0) is 24.7 Å². The molecule has 0 fully saturated rings. The first kappa shape index (κ1) is 12.3. The Kier molecular flexibility index (Phi) is 4.34. The predicted octanol–water partition coefficient (Wildman–Crippen LogP) is 3.11. The van der Waals surface area contributed by atoms with E-state index in [1.165, 1.54) is 5.56 Å². The molecule has 0 amide bonds. The second-order valence-electron chi connectivity index (χ2n) is 4.63. The highest BCUT2D eigenvalue weighted by Gasteiger charge is 2.22. The van der Waals surface area contributed by atoms with Crippen LogP contribution in [-0.2, 0) is 5.41 Å². The highest BCUT2D eigenvalue weighted by Crippen LogP contribution is 2.23. The number of hydrogen-bond donors (Lipinski definition) is 0. The summed E-state index contributed by atoms with van der Waals surface area (Å²) in [5, 5.41) is 0. The average Bonchev–Trinajstić information content (AvgIpc) is 2.27. The van der Waals surface area contributed by atoms with Crippen molar-refractivity contribution in [1.29, 1.82) is 0 Å². The minimum atomic E-state index is 0.223. The molecule has 0 heterocycles. The monoisotopic (exact) mass is 204 g/mol. The molecule has 83 valence electrons. The lowest BCUT2D eigenvalue weighted by Crippen LogP contribution is -2.36. The summed E-state index contributed by atoms with van der Waals surface area (Å²) in [5.41, 5.74) is 1.62. The van der Waals surface area contributed by atoms with Crippen molar-refractivity contribution in [3.05, 3.63) is 35.9 Å². The second kappa shape index (κ2) is 5.32. The Morgan fingerprint density at radius 1 is 1.13 bits per heavy atom. The maximum atomic E-state index is 3.07. The van der Waals surface area contributed by atoms with Crippen molar-refractivity contribution in [2.24, 2.45) is 0 Å². The summed E-state index contributed by atoms with van der Waals surface area (Å²) in [6, 6.07) is 11.4. The Hall–Kier alpha value is -0.820. The van der Waals surface area contributed by atoms with Gasteiger partial charge in [-0.1, -0.05) is 52.0 Å². The molecule has 0 saturated carbocycles. The van der Waals surface area contributed by atoms with Gasteiger partial charge in [-0.2, -0.15) is 0 Å². The highest BCUT2D eigenvalue weighted by molar-refractivity contribution is 5.23. The van der Waals surface area contributed by atoms with E-state index in [4.69, 9.17) is 0 Å². The second-order valence-corrected chi connectivity index (χ2v) is 4.63. The normalized spacial score (nSPS) is 12.1. The van der Waals surface area contributed by atoms with Gasteiger partial charge in [0.2, 0.25) is 0 Å². The maximum Gasteiger partial charge on any atom is 0.00731 e. The predicted molar refractivity (Wildman–Crippen MR) is 66.1 cm³/mol.